The van der Waals surface area contributed by atoms with Crippen molar-refractivity contribution in [3.05, 3.63) is 28.2 Å². The largest absolute Gasteiger partial charge is 0.494 e. The van der Waals surface area contributed by atoms with Gasteiger partial charge in [0.05, 0.1) is 6.61 Å². The molecule has 0 aliphatic carbocycles. The van der Waals surface area contributed by atoms with E-state index >= 15 is 0 Å². The van der Waals surface area contributed by atoms with E-state index in [0.717, 1.165) is 35.0 Å². The van der Waals surface area contributed by atoms with Crippen LogP contribution in [0.25, 0.3) is 0 Å². The molecule has 0 bridgehead atoms. The summed E-state index contributed by atoms with van der Waals surface area (Å²) in [6.07, 6.45) is 2.47. The zero-order valence-corrected chi connectivity index (χ0v) is 11.8. The number of benzene rings is 1. The molecule has 0 aliphatic rings. The fourth-order valence-electron chi connectivity index (χ4n) is 1.65. The molecule has 1 atom stereocenters. The molecule has 1 unspecified atom stereocenters. The maximum Gasteiger partial charge on any atom is 0.207 e. The summed E-state index contributed by atoms with van der Waals surface area (Å²) in [6.45, 7) is 4.68. The third-order valence-corrected chi connectivity index (χ3v) is 3.36. The summed E-state index contributed by atoms with van der Waals surface area (Å²) in [5, 5.41) is 2.82. The first-order chi connectivity index (χ1) is 8.21. The van der Waals surface area contributed by atoms with Crippen molar-refractivity contribution in [1.29, 1.82) is 0 Å². The summed E-state index contributed by atoms with van der Waals surface area (Å²) in [5.41, 5.74) is 1.15. The zero-order chi connectivity index (χ0) is 12.7. The lowest BCUT2D eigenvalue weighted by molar-refractivity contribution is -0.110. The molecule has 3 nitrogen and oxygen atoms in total. The van der Waals surface area contributed by atoms with E-state index in [4.69, 9.17) is 4.74 Å². The van der Waals surface area contributed by atoms with Gasteiger partial charge in [0, 0.05) is 10.5 Å². The molecule has 0 saturated heterocycles. The second-order valence-corrected chi connectivity index (χ2v) is 4.63. The lowest BCUT2D eigenvalue weighted by Crippen LogP contribution is -2.29. The van der Waals surface area contributed by atoms with Gasteiger partial charge in [-0.3, -0.25) is 4.79 Å². The van der Waals surface area contributed by atoms with Gasteiger partial charge in [-0.1, -0.05) is 22.9 Å². The maximum atomic E-state index is 10.5. The Morgan fingerprint density at radius 2 is 2.24 bits per heavy atom. The van der Waals surface area contributed by atoms with E-state index in [-0.39, 0.29) is 6.04 Å². The molecule has 0 saturated carbocycles. The van der Waals surface area contributed by atoms with Crippen molar-refractivity contribution in [2.24, 2.45) is 0 Å². The topological polar surface area (TPSA) is 38.3 Å². The lowest BCUT2D eigenvalue weighted by atomic mass is 10.0. The van der Waals surface area contributed by atoms with Crippen LogP contribution >= 0.6 is 15.9 Å². The first-order valence-electron chi connectivity index (χ1n) is 5.82. The van der Waals surface area contributed by atoms with E-state index in [1.807, 2.05) is 25.1 Å². The zero-order valence-electron chi connectivity index (χ0n) is 10.2. The highest BCUT2D eigenvalue weighted by atomic mass is 79.9. The van der Waals surface area contributed by atoms with Crippen molar-refractivity contribution >= 4 is 22.3 Å². The number of halogens is 1. The van der Waals surface area contributed by atoms with Crippen molar-refractivity contribution in [2.75, 3.05) is 6.61 Å². The van der Waals surface area contributed by atoms with E-state index in [2.05, 4.69) is 28.2 Å². The van der Waals surface area contributed by atoms with Crippen LogP contribution in [-0.2, 0) is 11.2 Å². The number of carbonyl (C=O) groups is 1. The summed E-state index contributed by atoms with van der Waals surface area (Å²) in [6, 6.07) is 6.10. The second-order valence-electron chi connectivity index (χ2n) is 3.78. The average Bonchev–Trinajstić information content (AvgIpc) is 2.33. The van der Waals surface area contributed by atoms with Crippen molar-refractivity contribution in [1.82, 2.24) is 5.32 Å². The normalized spacial score (nSPS) is 11.9. The van der Waals surface area contributed by atoms with Gasteiger partial charge in [0.25, 0.3) is 0 Å². The molecule has 1 rings (SSSR count). The van der Waals surface area contributed by atoms with Gasteiger partial charge in [-0.05, 0) is 43.5 Å². The Hall–Kier alpha value is -1.03. The summed E-state index contributed by atoms with van der Waals surface area (Å²) >= 11 is 3.52. The maximum absolute atomic E-state index is 10.5. The number of hydrogen-bond acceptors (Lipinski definition) is 2. The molecule has 0 spiro atoms. The van der Waals surface area contributed by atoms with E-state index in [1.54, 1.807) is 0 Å². The Labute approximate surface area is 111 Å². The van der Waals surface area contributed by atoms with Gasteiger partial charge in [-0.25, -0.2) is 0 Å². The van der Waals surface area contributed by atoms with Gasteiger partial charge < -0.3 is 10.1 Å². The van der Waals surface area contributed by atoms with Crippen molar-refractivity contribution in [2.45, 2.75) is 32.7 Å². The molecule has 0 aromatic heterocycles. The minimum Gasteiger partial charge on any atom is -0.494 e. The number of ether oxygens (including phenoxy) is 1. The molecule has 0 aliphatic heterocycles. The second kappa shape index (κ2) is 7.33. The summed E-state index contributed by atoms with van der Waals surface area (Å²) < 4.78 is 6.51. The molecule has 1 aromatic rings. The van der Waals surface area contributed by atoms with Gasteiger partial charge in [-0.2, -0.15) is 0 Å². The highest BCUT2D eigenvalue weighted by Gasteiger charge is 2.09. The molecule has 94 valence electrons. The Morgan fingerprint density at radius 1 is 1.47 bits per heavy atom. The molecule has 1 N–H and O–H groups in total. The molecule has 17 heavy (non-hydrogen) atoms. The standard InChI is InChI=1S/C13H18BrNO2/c1-3-11(15-9-16)7-10-8-12(17-4-2)5-6-13(10)14/h5-6,8-9,11H,3-4,7H2,1-2H3,(H,15,16). The van der Waals surface area contributed by atoms with Gasteiger partial charge in [0.1, 0.15) is 5.75 Å². The highest BCUT2D eigenvalue weighted by Crippen LogP contribution is 2.24. The number of nitrogens with one attached hydrogen (secondary N) is 1. The Balaban J connectivity index is 2.80. The predicted molar refractivity (Wildman–Crippen MR) is 72.3 cm³/mol. The lowest BCUT2D eigenvalue weighted by Gasteiger charge is -2.15. The van der Waals surface area contributed by atoms with Gasteiger partial charge in [0.15, 0.2) is 0 Å². The van der Waals surface area contributed by atoms with Crippen LogP contribution in [0.5, 0.6) is 5.75 Å². The van der Waals surface area contributed by atoms with Crippen molar-refractivity contribution in [3.63, 3.8) is 0 Å². The number of carbonyl (C=O) groups excluding carboxylic acids is 1. The van der Waals surface area contributed by atoms with E-state index in [0.29, 0.717) is 6.61 Å². The highest BCUT2D eigenvalue weighted by molar-refractivity contribution is 9.10. The monoisotopic (exact) mass is 299 g/mol. The molecule has 1 aromatic carbocycles. The third kappa shape index (κ3) is 4.38. The number of rotatable bonds is 7. The van der Waals surface area contributed by atoms with Crippen molar-refractivity contribution in [3.8, 4) is 5.75 Å². The molecule has 0 heterocycles. The molecule has 4 heteroatoms. The van der Waals surface area contributed by atoms with Crippen LogP contribution in [-0.4, -0.2) is 19.1 Å². The van der Waals surface area contributed by atoms with Crippen LogP contribution < -0.4 is 10.1 Å². The molecule has 0 radical (unpaired) electrons. The minimum atomic E-state index is 0.167. The minimum absolute atomic E-state index is 0.167. The molecule has 0 fully saturated rings. The first-order valence-corrected chi connectivity index (χ1v) is 6.61. The Morgan fingerprint density at radius 3 is 2.82 bits per heavy atom. The fraction of sp³-hybridized carbons (Fsp3) is 0.462. The molecule has 1 amide bonds. The van der Waals surface area contributed by atoms with Crippen LogP contribution in [0.15, 0.2) is 22.7 Å². The van der Waals surface area contributed by atoms with Gasteiger partial charge in [0.2, 0.25) is 6.41 Å². The van der Waals surface area contributed by atoms with Crippen LogP contribution in [0.2, 0.25) is 0 Å². The number of hydrogen-bond donors (Lipinski definition) is 1. The van der Waals surface area contributed by atoms with Crippen LogP contribution in [0.1, 0.15) is 25.8 Å². The third-order valence-electron chi connectivity index (χ3n) is 2.59. The fourth-order valence-corrected chi connectivity index (χ4v) is 2.06. The Bertz CT molecular complexity index is 368. The Kier molecular flexibility index (Phi) is 6.05. The first kappa shape index (κ1) is 14.0. The van der Waals surface area contributed by atoms with Crippen LogP contribution in [0.4, 0.5) is 0 Å². The van der Waals surface area contributed by atoms with E-state index < -0.39 is 0 Å². The summed E-state index contributed by atoms with van der Waals surface area (Å²) in [5.74, 6) is 0.867. The smallest absolute Gasteiger partial charge is 0.207 e. The van der Waals surface area contributed by atoms with Gasteiger partial charge >= 0.3 is 0 Å². The van der Waals surface area contributed by atoms with Crippen LogP contribution in [0, 0.1) is 0 Å². The molecular weight excluding hydrogens is 282 g/mol. The van der Waals surface area contributed by atoms with Gasteiger partial charge in [-0.15, -0.1) is 0 Å². The quantitative estimate of drug-likeness (QED) is 0.786. The number of amides is 1. The van der Waals surface area contributed by atoms with E-state index in [9.17, 15) is 4.79 Å². The molecular formula is C13H18BrNO2. The van der Waals surface area contributed by atoms with Crippen molar-refractivity contribution < 1.29 is 9.53 Å². The SMILES string of the molecule is CCOc1ccc(Br)c(CC(CC)NC=O)c1. The van der Waals surface area contributed by atoms with Crippen LogP contribution in [0.3, 0.4) is 0 Å². The predicted octanol–water partition coefficient (Wildman–Crippen LogP) is 2.91. The summed E-state index contributed by atoms with van der Waals surface area (Å²) in [4.78, 5) is 10.5. The van der Waals surface area contributed by atoms with E-state index in [1.165, 1.54) is 0 Å². The summed E-state index contributed by atoms with van der Waals surface area (Å²) in [7, 11) is 0. The average molecular weight is 300 g/mol.